The summed E-state index contributed by atoms with van der Waals surface area (Å²) in [6.07, 6.45) is 3.97. The lowest BCUT2D eigenvalue weighted by Crippen LogP contribution is -2.12. The molecule has 12 heavy (non-hydrogen) atoms. The zero-order chi connectivity index (χ0) is 9.19. The number of hydrogen-bond donors (Lipinski definition) is 0. The average Bonchev–Trinajstić information content (AvgIpc) is 2.03. The summed E-state index contributed by atoms with van der Waals surface area (Å²) < 4.78 is 0. The van der Waals surface area contributed by atoms with Crippen LogP contribution in [0, 0.1) is 0 Å². The molecule has 0 saturated carbocycles. The monoisotopic (exact) mass is 181 g/mol. The smallest absolute Gasteiger partial charge is 0.0468 e. The van der Waals surface area contributed by atoms with E-state index in [0.29, 0.717) is 0 Å². The Hall–Kier alpha value is -0.500. The van der Waals surface area contributed by atoms with Crippen molar-refractivity contribution in [2.24, 2.45) is 0 Å². The van der Waals surface area contributed by atoms with Crippen molar-refractivity contribution >= 4 is 11.8 Å². The van der Waals surface area contributed by atoms with Crippen molar-refractivity contribution in [3.8, 4) is 0 Å². The molecule has 0 aliphatic carbocycles. The van der Waals surface area contributed by atoms with Crippen molar-refractivity contribution in [3.05, 3.63) is 24.0 Å². The first-order chi connectivity index (χ1) is 5.54. The Morgan fingerprint density at radius 1 is 1.33 bits per heavy atom. The number of thioether (sulfide) groups is 1. The van der Waals surface area contributed by atoms with Crippen LogP contribution in [0.5, 0.6) is 0 Å². The van der Waals surface area contributed by atoms with Gasteiger partial charge in [-0.15, -0.1) is 11.8 Å². The Balaban J connectivity index is 3.02. The molecule has 0 amide bonds. The molecule has 1 rings (SSSR count). The molecule has 0 saturated heterocycles. The summed E-state index contributed by atoms with van der Waals surface area (Å²) in [5.74, 6) is 0. The van der Waals surface area contributed by atoms with Gasteiger partial charge in [0.1, 0.15) is 0 Å². The molecule has 2 heteroatoms. The minimum atomic E-state index is 0.158. The molecule has 1 heterocycles. The summed E-state index contributed by atoms with van der Waals surface area (Å²) >= 11 is 1.76. The van der Waals surface area contributed by atoms with E-state index in [0.717, 1.165) is 5.69 Å². The molecule has 0 N–H and O–H groups in total. The zero-order valence-electron chi connectivity index (χ0n) is 8.09. The topological polar surface area (TPSA) is 12.9 Å². The quantitative estimate of drug-likeness (QED) is 0.617. The van der Waals surface area contributed by atoms with Crippen LogP contribution in [0.1, 0.15) is 26.5 Å². The first kappa shape index (κ1) is 9.59. The fraction of sp³-hybridized carbons (Fsp3) is 0.500. The lowest BCUT2D eigenvalue weighted by molar-refractivity contribution is 0.567. The van der Waals surface area contributed by atoms with Crippen LogP contribution in [0.25, 0.3) is 0 Å². The van der Waals surface area contributed by atoms with Crippen LogP contribution in [0.15, 0.2) is 23.2 Å². The maximum atomic E-state index is 4.35. The first-order valence-corrected chi connectivity index (χ1v) is 5.27. The lowest BCUT2D eigenvalue weighted by atomic mass is 9.92. The zero-order valence-corrected chi connectivity index (χ0v) is 8.90. The van der Waals surface area contributed by atoms with Gasteiger partial charge in [0.05, 0.1) is 0 Å². The molecule has 0 unspecified atom stereocenters. The summed E-state index contributed by atoms with van der Waals surface area (Å²) in [5.41, 5.74) is 1.32. The molecular formula is C10H15NS. The van der Waals surface area contributed by atoms with Gasteiger partial charge in [0.2, 0.25) is 0 Å². The first-order valence-electron chi connectivity index (χ1n) is 4.04. The van der Waals surface area contributed by atoms with Crippen molar-refractivity contribution in [2.75, 3.05) is 6.26 Å². The lowest BCUT2D eigenvalue weighted by Gasteiger charge is -2.17. The highest BCUT2D eigenvalue weighted by Crippen LogP contribution is 2.23. The minimum Gasteiger partial charge on any atom is -0.261 e. The maximum absolute atomic E-state index is 4.35. The standard InChI is InChI=1S/C10H15NS/c1-10(2,3)9-7-8(12-4)5-6-11-9/h5-7H,1-4H3. The van der Waals surface area contributed by atoms with E-state index < -0.39 is 0 Å². The van der Waals surface area contributed by atoms with Crippen molar-refractivity contribution in [2.45, 2.75) is 31.1 Å². The minimum absolute atomic E-state index is 0.158. The molecule has 0 aliphatic heterocycles. The van der Waals surface area contributed by atoms with E-state index in [1.807, 2.05) is 12.3 Å². The van der Waals surface area contributed by atoms with Crippen LogP contribution < -0.4 is 0 Å². The molecule has 0 aliphatic rings. The van der Waals surface area contributed by atoms with Crippen molar-refractivity contribution in [3.63, 3.8) is 0 Å². The summed E-state index contributed by atoms with van der Waals surface area (Å²) in [7, 11) is 0. The van der Waals surface area contributed by atoms with E-state index in [1.54, 1.807) is 11.8 Å². The van der Waals surface area contributed by atoms with E-state index in [9.17, 15) is 0 Å². The fourth-order valence-corrected chi connectivity index (χ4v) is 1.37. The number of pyridine rings is 1. The van der Waals surface area contributed by atoms with Gasteiger partial charge in [-0.05, 0) is 18.4 Å². The number of hydrogen-bond acceptors (Lipinski definition) is 2. The van der Waals surface area contributed by atoms with Gasteiger partial charge in [-0.1, -0.05) is 20.8 Å². The van der Waals surface area contributed by atoms with Crippen LogP contribution in [0.2, 0.25) is 0 Å². The van der Waals surface area contributed by atoms with Gasteiger partial charge in [0.25, 0.3) is 0 Å². The Morgan fingerprint density at radius 3 is 2.50 bits per heavy atom. The van der Waals surface area contributed by atoms with Crippen molar-refractivity contribution in [1.82, 2.24) is 4.98 Å². The van der Waals surface area contributed by atoms with E-state index in [-0.39, 0.29) is 5.41 Å². The predicted octanol–water partition coefficient (Wildman–Crippen LogP) is 3.10. The Bertz CT molecular complexity index is 263. The maximum Gasteiger partial charge on any atom is 0.0468 e. The van der Waals surface area contributed by atoms with Crippen LogP contribution in [0.4, 0.5) is 0 Å². The predicted molar refractivity (Wildman–Crippen MR) is 54.7 cm³/mol. The van der Waals surface area contributed by atoms with Gasteiger partial charge in [0, 0.05) is 22.2 Å². The number of aromatic nitrogens is 1. The van der Waals surface area contributed by atoms with E-state index in [1.165, 1.54) is 4.90 Å². The van der Waals surface area contributed by atoms with Crippen LogP contribution >= 0.6 is 11.8 Å². The van der Waals surface area contributed by atoms with Gasteiger partial charge < -0.3 is 0 Å². The second-order valence-electron chi connectivity index (χ2n) is 3.83. The third kappa shape index (κ3) is 2.24. The van der Waals surface area contributed by atoms with E-state index in [4.69, 9.17) is 0 Å². The summed E-state index contributed by atoms with van der Waals surface area (Å²) in [5, 5.41) is 0. The molecule has 0 radical (unpaired) electrons. The van der Waals surface area contributed by atoms with Gasteiger partial charge in [-0.3, -0.25) is 4.98 Å². The third-order valence-corrected chi connectivity index (χ3v) is 2.46. The summed E-state index contributed by atoms with van der Waals surface area (Å²) in [4.78, 5) is 5.63. The average molecular weight is 181 g/mol. The highest BCUT2D eigenvalue weighted by Gasteiger charge is 2.14. The molecule has 66 valence electrons. The van der Waals surface area contributed by atoms with Gasteiger partial charge in [-0.2, -0.15) is 0 Å². The normalized spacial score (nSPS) is 11.7. The van der Waals surface area contributed by atoms with E-state index >= 15 is 0 Å². The molecule has 0 aromatic carbocycles. The van der Waals surface area contributed by atoms with Crippen molar-refractivity contribution < 1.29 is 0 Å². The molecule has 0 spiro atoms. The molecule has 0 atom stereocenters. The van der Waals surface area contributed by atoms with Crippen LogP contribution in [-0.4, -0.2) is 11.2 Å². The second-order valence-corrected chi connectivity index (χ2v) is 4.71. The molecule has 1 nitrogen and oxygen atoms in total. The molecule has 1 aromatic heterocycles. The third-order valence-electron chi connectivity index (χ3n) is 1.74. The summed E-state index contributed by atoms with van der Waals surface area (Å²) in [6.45, 7) is 6.54. The largest absolute Gasteiger partial charge is 0.261 e. The fourth-order valence-electron chi connectivity index (χ4n) is 0.948. The van der Waals surface area contributed by atoms with Gasteiger partial charge >= 0.3 is 0 Å². The molecule has 0 bridgehead atoms. The Morgan fingerprint density at radius 2 is 2.00 bits per heavy atom. The van der Waals surface area contributed by atoms with Crippen molar-refractivity contribution in [1.29, 1.82) is 0 Å². The highest BCUT2D eigenvalue weighted by molar-refractivity contribution is 7.98. The van der Waals surface area contributed by atoms with Gasteiger partial charge in [-0.25, -0.2) is 0 Å². The van der Waals surface area contributed by atoms with E-state index in [2.05, 4.69) is 38.1 Å². The van der Waals surface area contributed by atoms with Crippen LogP contribution in [-0.2, 0) is 5.41 Å². The molecule has 1 aromatic rings. The summed E-state index contributed by atoms with van der Waals surface area (Å²) in [6, 6.07) is 4.20. The van der Waals surface area contributed by atoms with Gasteiger partial charge in [0.15, 0.2) is 0 Å². The molecular weight excluding hydrogens is 166 g/mol. The SMILES string of the molecule is CSc1ccnc(C(C)(C)C)c1. The second kappa shape index (κ2) is 3.48. The number of rotatable bonds is 1. The Kier molecular flexibility index (Phi) is 2.78. The Labute approximate surface area is 78.6 Å². The highest BCUT2D eigenvalue weighted by atomic mass is 32.2. The number of nitrogens with zero attached hydrogens (tertiary/aromatic N) is 1. The van der Waals surface area contributed by atoms with Crippen LogP contribution in [0.3, 0.4) is 0 Å². The molecule has 0 fully saturated rings.